The van der Waals surface area contributed by atoms with Gasteiger partial charge in [0.1, 0.15) is 24.7 Å². The van der Waals surface area contributed by atoms with E-state index in [0.717, 1.165) is 24.8 Å². The molecule has 1 saturated heterocycles. The second kappa shape index (κ2) is 12.1. The molecule has 1 fully saturated rings. The summed E-state index contributed by atoms with van der Waals surface area (Å²) in [4.78, 5) is 31.5. The van der Waals surface area contributed by atoms with Crippen molar-refractivity contribution in [3.8, 4) is 5.75 Å². The summed E-state index contributed by atoms with van der Waals surface area (Å²) < 4.78 is 25.1. The largest absolute Gasteiger partial charge is 0.491 e. The molecule has 3 aromatic rings. The maximum atomic E-state index is 13.7. The third-order valence-electron chi connectivity index (χ3n) is 6.77. The molecule has 10 heteroatoms. The van der Waals surface area contributed by atoms with Gasteiger partial charge in [0, 0.05) is 35.3 Å². The Labute approximate surface area is 230 Å². The number of nitrogens with one attached hydrogen (secondary N) is 1. The maximum Gasteiger partial charge on any atom is 0.322 e. The van der Waals surface area contributed by atoms with Crippen molar-refractivity contribution in [2.45, 2.75) is 31.4 Å². The van der Waals surface area contributed by atoms with E-state index in [1.807, 2.05) is 11.4 Å². The molecule has 2 atom stereocenters. The molecule has 2 aliphatic rings. The average Bonchev–Trinajstić information content (AvgIpc) is 3.60. The highest BCUT2D eigenvalue weighted by atomic mass is 35.5. The van der Waals surface area contributed by atoms with Gasteiger partial charge in [-0.15, -0.1) is 11.3 Å². The second-order valence-corrected chi connectivity index (χ2v) is 10.8. The summed E-state index contributed by atoms with van der Waals surface area (Å²) in [6.07, 6.45) is 2.39. The summed E-state index contributed by atoms with van der Waals surface area (Å²) in [6, 6.07) is 14.1. The van der Waals surface area contributed by atoms with Crippen LogP contribution in [-0.2, 0) is 16.0 Å². The van der Waals surface area contributed by atoms with Crippen LogP contribution in [0.15, 0.2) is 60.0 Å². The van der Waals surface area contributed by atoms with Gasteiger partial charge in [-0.2, -0.15) is 0 Å². The smallest absolute Gasteiger partial charge is 0.322 e. The van der Waals surface area contributed by atoms with Crippen molar-refractivity contribution in [1.82, 2.24) is 9.80 Å². The number of carbonyl (C=O) groups excluding carboxylic acids is 2. The summed E-state index contributed by atoms with van der Waals surface area (Å²) in [5.74, 6) is 0.0187. The van der Waals surface area contributed by atoms with Gasteiger partial charge in [-0.05, 0) is 78.7 Å². The van der Waals surface area contributed by atoms with E-state index in [4.69, 9.17) is 21.1 Å². The quantitative estimate of drug-likeness (QED) is 0.382. The molecule has 0 spiro atoms. The predicted molar refractivity (Wildman–Crippen MR) is 145 cm³/mol. The van der Waals surface area contributed by atoms with Crippen LogP contribution in [0.5, 0.6) is 5.75 Å². The molecular formula is C28H29ClFN3O4S. The SMILES string of the molecule is O=C(Nc1cccc(Cl)c1)N(CC(=O)N1CCc2sccc2C1COc1ccc(F)cc1)CC1CCCO1. The first-order valence-corrected chi connectivity index (χ1v) is 13.9. The third-order valence-corrected chi connectivity index (χ3v) is 8.01. The number of carbonyl (C=O) groups is 2. The van der Waals surface area contributed by atoms with E-state index in [1.165, 1.54) is 21.9 Å². The monoisotopic (exact) mass is 557 g/mol. The lowest BCUT2D eigenvalue weighted by Crippen LogP contribution is -2.50. The Morgan fingerprint density at radius 2 is 2.05 bits per heavy atom. The van der Waals surface area contributed by atoms with Gasteiger partial charge in [-0.1, -0.05) is 17.7 Å². The minimum Gasteiger partial charge on any atom is -0.491 e. The molecule has 2 aromatic carbocycles. The summed E-state index contributed by atoms with van der Waals surface area (Å²) in [5.41, 5.74) is 1.60. The van der Waals surface area contributed by atoms with Crippen LogP contribution >= 0.6 is 22.9 Å². The van der Waals surface area contributed by atoms with Gasteiger partial charge >= 0.3 is 6.03 Å². The molecule has 38 heavy (non-hydrogen) atoms. The van der Waals surface area contributed by atoms with Crippen LogP contribution in [0, 0.1) is 5.82 Å². The average molecular weight is 558 g/mol. The fraction of sp³-hybridized carbons (Fsp3) is 0.357. The number of thiophene rings is 1. The number of fused-ring (bicyclic) bond motifs is 1. The van der Waals surface area contributed by atoms with Crippen molar-refractivity contribution in [3.05, 3.63) is 81.3 Å². The second-order valence-electron chi connectivity index (χ2n) is 9.37. The molecule has 1 N–H and O–H groups in total. The van der Waals surface area contributed by atoms with Crippen LogP contribution in [0.4, 0.5) is 14.9 Å². The summed E-state index contributed by atoms with van der Waals surface area (Å²) in [5, 5.41) is 5.39. The number of hydrogen-bond donors (Lipinski definition) is 1. The van der Waals surface area contributed by atoms with Crippen molar-refractivity contribution < 1.29 is 23.5 Å². The first-order valence-electron chi connectivity index (χ1n) is 12.6. The lowest BCUT2D eigenvalue weighted by molar-refractivity contribution is -0.135. The van der Waals surface area contributed by atoms with Gasteiger partial charge in [0.05, 0.1) is 12.1 Å². The number of amides is 3. The summed E-state index contributed by atoms with van der Waals surface area (Å²) in [6.45, 7) is 1.61. The topological polar surface area (TPSA) is 71.1 Å². The summed E-state index contributed by atoms with van der Waals surface area (Å²) in [7, 11) is 0. The van der Waals surface area contributed by atoms with E-state index in [2.05, 4.69) is 5.32 Å². The van der Waals surface area contributed by atoms with Crippen LogP contribution < -0.4 is 10.1 Å². The minimum absolute atomic E-state index is 0.0984. The zero-order valence-corrected chi connectivity index (χ0v) is 22.3. The Hall–Kier alpha value is -3.14. The van der Waals surface area contributed by atoms with E-state index < -0.39 is 0 Å². The van der Waals surface area contributed by atoms with Crippen molar-refractivity contribution in [2.75, 3.05) is 38.2 Å². The first-order chi connectivity index (χ1) is 18.5. The molecule has 3 heterocycles. The van der Waals surface area contributed by atoms with Crippen LogP contribution in [0.25, 0.3) is 0 Å². The molecule has 0 saturated carbocycles. The lowest BCUT2D eigenvalue weighted by atomic mass is 10.0. The summed E-state index contributed by atoms with van der Waals surface area (Å²) >= 11 is 7.75. The van der Waals surface area contributed by atoms with Crippen molar-refractivity contribution in [3.63, 3.8) is 0 Å². The zero-order valence-electron chi connectivity index (χ0n) is 20.8. The fourth-order valence-electron chi connectivity index (χ4n) is 4.86. The van der Waals surface area contributed by atoms with E-state index in [0.29, 0.717) is 36.2 Å². The van der Waals surface area contributed by atoms with Crippen LogP contribution in [0.2, 0.25) is 5.02 Å². The number of rotatable bonds is 8. The molecule has 3 amide bonds. The number of nitrogens with zero attached hydrogens (tertiary/aromatic N) is 2. The van der Waals surface area contributed by atoms with Gasteiger partial charge < -0.3 is 24.6 Å². The van der Waals surface area contributed by atoms with Crippen molar-refractivity contribution in [1.29, 1.82) is 0 Å². The van der Waals surface area contributed by atoms with Crippen molar-refractivity contribution in [2.24, 2.45) is 0 Å². The Kier molecular flexibility index (Phi) is 8.46. The highest BCUT2D eigenvalue weighted by Gasteiger charge is 2.34. The molecule has 200 valence electrons. The van der Waals surface area contributed by atoms with E-state index in [9.17, 15) is 14.0 Å². The van der Waals surface area contributed by atoms with E-state index in [-0.39, 0.29) is 43.1 Å². The van der Waals surface area contributed by atoms with E-state index in [1.54, 1.807) is 52.6 Å². The number of halogens is 2. The maximum absolute atomic E-state index is 13.7. The standard InChI is InChI=1S/C28H29ClFN3O4S/c29-19-3-1-4-21(15-19)31-28(35)32(16-23-5-2-13-36-23)17-27(34)33-12-10-26-24(11-14-38-26)25(33)18-37-22-8-6-20(30)7-9-22/h1,3-4,6-9,11,14-15,23,25H,2,5,10,12-13,16-18H2,(H,31,35). The van der Waals surface area contributed by atoms with E-state index >= 15 is 0 Å². The molecule has 2 aliphatic heterocycles. The van der Waals surface area contributed by atoms with Crippen LogP contribution in [0.1, 0.15) is 29.3 Å². The number of urea groups is 1. The van der Waals surface area contributed by atoms with Gasteiger partial charge in [0.15, 0.2) is 0 Å². The predicted octanol–water partition coefficient (Wildman–Crippen LogP) is 5.76. The number of anilines is 1. The van der Waals surface area contributed by atoms with Gasteiger partial charge in [0.2, 0.25) is 5.91 Å². The van der Waals surface area contributed by atoms with Crippen LogP contribution in [0.3, 0.4) is 0 Å². The minimum atomic E-state index is -0.386. The Bertz CT molecular complexity index is 1260. The Balaban J connectivity index is 1.32. The molecule has 7 nitrogen and oxygen atoms in total. The van der Waals surface area contributed by atoms with Crippen molar-refractivity contribution >= 4 is 40.6 Å². The molecule has 1 aromatic heterocycles. The van der Waals surface area contributed by atoms with Gasteiger partial charge in [-0.3, -0.25) is 4.79 Å². The highest BCUT2D eigenvalue weighted by molar-refractivity contribution is 7.10. The normalized spacial score (nSPS) is 18.6. The zero-order chi connectivity index (χ0) is 26.5. The molecule has 2 unspecified atom stereocenters. The fourth-order valence-corrected chi connectivity index (χ4v) is 5.98. The number of hydrogen-bond acceptors (Lipinski definition) is 5. The highest BCUT2D eigenvalue weighted by Crippen LogP contribution is 2.34. The van der Waals surface area contributed by atoms with Gasteiger partial charge in [0.25, 0.3) is 0 Å². The third kappa shape index (κ3) is 6.46. The molecule has 0 aliphatic carbocycles. The Morgan fingerprint density at radius 1 is 1.21 bits per heavy atom. The molecule has 0 radical (unpaired) electrons. The van der Waals surface area contributed by atoms with Gasteiger partial charge in [-0.25, -0.2) is 9.18 Å². The number of benzene rings is 2. The molecule has 0 bridgehead atoms. The first kappa shape index (κ1) is 26.5. The Morgan fingerprint density at radius 3 is 2.82 bits per heavy atom. The number of ether oxygens (including phenoxy) is 2. The molecule has 5 rings (SSSR count). The lowest BCUT2D eigenvalue weighted by Gasteiger charge is -2.37. The molecular weight excluding hydrogens is 529 g/mol. The van der Waals surface area contributed by atoms with Crippen LogP contribution in [-0.4, -0.2) is 60.7 Å².